The molecule has 0 saturated heterocycles. The molecule has 0 aliphatic carbocycles. The minimum atomic E-state index is -0.597. The highest BCUT2D eigenvalue weighted by Crippen LogP contribution is 2.20. The van der Waals surface area contributed by atoms with E-state index in [9.17, 15) is 9.90 Å². The Morgan fingerprint density at radius 3 is 2.65 bits per heavy atom. The molecule has 1 atom stereocenters. The van der Waals surface area contributed by atoms with E-state index in [1.54, 1.807) is 48.8 Å². The molecule has 0 saturated carbocycles. The van der Waals surface area contributed by atoms with Crippen LogP contribution in [0, 0.1) is 0 Å². The highest BCUT2D eigenvalue weighted by atomic mass is 35.5. The predicted octanol–water partition coefficient (Wildman–Crippen LogP) is 1.03. The van der Waals surface area contributed by atoms with Crippen molar-refractivity contribution < 1.29 is 20.1 Å². The third-order valence-electron chi connectivity index (χ3n) is 4.66. The number of benzene rings is 1. The normalized spacial score (nSPS) is 12.2. The lowest BCUT2D eigenvalue weighted by Gasteiger charge is -2.16. The van der Waals surface area contributed by atoms with Crippen molar-refractivity contribution in [1.82, 2.24) is 25.6 Å². The van der Waals surface area contributed by atoms with E-state index >= 15 is 0 Å². The number of H-pyrrole nitrogens is 1. The zero-order valence-corrected chi connectivity index (χ0v) is 17.4. The van der Waals surface area contributed by atoms with Gasteiger partial charge in [-0.1, -0.05) is 23.7 Å². The van der Waals surface area contributed by atoms with Gasteiger partial charge in [-0.05, 0) is 29.8 Å². The summed E-state index contributed by atoms with van der Waals surface area (Å²) >= 11 is 6.00. The molecule has 0 aliphatic rings. The molecule has 3 rings (SSSR count). The van der Waals surface area contributed by atoms with Gasteiger partial charge in [-0.2, -0.15) is 0 Å². The number of aliphatic hydroxyl groups is 3. The van der Waals surface area contributed by atoms with Gasteiger partial charge < -0.3 is 30.9 Å². The minimum Gasteiger partial charge on any atom is -0.395 e. The van der Waals surface area contributed by atoms with Crippen molar-refractivity contribution >= 4 is 17.5 Å². The van der Waals surface area contributed by atoms with Crippen molar-refractivity contribution in [2.75, 3.05) is 19.8 Å². The summed E-state index contributed by atoms with van der Waals surface area (Å²) in [5.41, 5.74) is 2.32. The van der Waals surface area contributed by atoms with Crippen LogP contribution in [0.5, 0.6) is 0 Å². The van der Waals surface area contributed by atoms with Gasteiger partial charge in [0.05, 0.1) is 44.1 Å². The third kappa shape index (κ3) is 6.09. The number of carbonyl (C=O) groups is 1. The summed E-state index contributed by atoms with van der Waals surface area (Å²) in [6, 6.07) is 9.27. The van der Waals surface area contributed by atoms with E-state index in [4.69, 9.17) is 21.8 Å². The zero-order valence-electron chi connectivity index (χ0n) is 16.6. The molecule has 0 radical (unpaired) electrons. The Hall–Kier alpha value is -2.82. The van der Waals surface area contributed by atoms with E-state index in [1.807, 2.05) is 0 Å². The Balaban J connectivity index is 1.69. The SMILES string of the molecule is O=C(NC(CO)c1cccc(Cl)c1)c1cc(-c2ccnc(CNC(CO)CO)n2)c[nH]1. The second-order valence-electron chi connectivity index (χ2n) is 6.87. The van der Waals surface area contributed by atoms with Gasteiger partial charge in [-0.15, -0.1) is 0 Å². The van der Waals surface area contributed by atoms with Crippen molar-refractivity contribution in [2.24, 2.45) is 0 Å². The van der Waals surface area contributed by atoms with Crippen molar-refractivity contribution in [3.8, 4) is 11.3 Å². The molecule has 9 nitrogen and oxygen atoms in total. The van der Waals surface area contributed by atoms with Crippen LogP contribution in [0.2, 0.25) is 5.02 Å². The van der Waals surface area contributed by atoms with Crippen LogP contribution >= 0.6 is 11.6 Å². The Bertz CT molecular complexity index is 1010. The maximum atomic E-state index is 12.7. The molecule has 3 aromatic rings. The summed E-state index contributed by atoms with van der Waals surface area (Å²) < 4.78 is 0. The topological polar surface area (TPSA) is 143 Å². The molecule has 0 aliphatic heterocycles. The van der Waals surface area contributed by atoms with Crippen LogP contribution in [0.25, 0.3) is 11.3 Å². The van der Waals surface area contributed by atoms with Gasteiger partial charge in [0.2, 0.25) is 0 Å². The third-order valence-corrected chi connectivity index (χ3v) is 4.89. The number of hydrogen-bond donors (Lipinski definition) is 6. The van der Waals surface area contributed by atoms with E-state index in [2.05, 4.69) is 25.6 Å². The quantitative estimate of drug-likeness (QED) is 0.273. The number of nitrogens with one attached hydrogen (secondary N) is 3. The van der Waals surface area contributed by atoms with Gasteiger partial charge in [0.15, 0.2) is 0 Å². The van der Waals surface area contributed by atoms with Crippen LogP contribution in [-0.4, -0.2) is 62.0 Å². The Labute approximate surface area is 184 Å². The molecule has 1 amide bonds. The average molecular weight is 446 g/mol. The molecule has 31 heavy (non-hydrogen) atoms. The highest BCUT2D eigenvalue weighted by Gasteiger charge is 2.17. The summed E-state index contributed by atoms with van der Waals surface area (Å²) in [7, 11) is 0. The van der Waals surface area contributed by atoms with Gasteiger partial charge in [0.25, 0.3) is 5.91 Å². The molecule has 0 fully saturated rings. The molecule has 6 N–H and O–H groups in total. The largest absolute Gasteiger partial charge is 0.395 e. The molecule has 1 unspecified atom stereocenters. The maximum absolute atomic E-state index is 12.7. The van der Waals surface area contributed by atoms with Crippen molar-refractivity contribution in [2.45, 2.75) is 18.6 Å². The summed E-state index contributed by atoms with van der Waals surface area (Å²) in [5, 5.41) is 34.2. The standard InChI is InChI=1S/C21H24ClN5O4/c22-15-3-1-2-13(6-15)19(12-30)27-21(31)18-7-14(8-25-18)17-4-5-23-20(26-17)9-24-16(10-28)11-29/h1-8,16,19,24-25,28-30H,9-12H2,(H,27,31). The molecular weight excluding hydrogens is 422 g/mol. The van der Waals surface area contributed by atoms with Crippen LogP contribution in [0.4, 0.5) is 0 Å². The van der Waals surface area contributed by atoms with E-state index in [1.165, 1.54) is 0 Å². The fraction of sp³-hybridized carbons (Fsp3) is 0.286. The van der Waals surface area contributed by atoms with Gasteiger partial charge >= 0.3 is 0 Å². The first kappa shape index (κ1) is 22.9. The number of amides is 1. The van der Waals surface area contributed by atoms with Crippen molar-refractivity contribution in [1.29, 1.82) is 0 Å². The number of aliphatic hydroxyl groups excluding tert-OH is 3. The van der Waals surface area contributed by atoms with Crippen LogP contribution in [-0.2, 0) is 6.54 Å². The first-order chi connectivity index (χ1) is 15.0. The molecule has 0 spiro atoms. The molecule has 164 valence electrons. The van der Waals surface area contributed by atoms with Gasteiger partial charge in [0.1, 0.15) is 11.5 Å². The molecule has 2 aromatic heterocycles. The zero-order chi connectivity index (χ0) is 22.2. The first-order valence-electron chi connectivity index (χ1n) is 9.67. The lowest BCUT2D eigenvalue weighted by atomic mass is 10.1. The van der Waals surface area contributed by atoms with Crippen molar-refractivity contribution in [3.05, 3.63) is 70.9 Å². The van der Waals surface area contributed by atoms with Gasteiger partial charge in [-0.3, -0.25) is 4.79 Å². The van der Waals surface area contributed by atoms with E-state index in [0.29, 0.717) is 33.4 Å². The maximum Gasteiger partial charge on any atom is 0.268 e. The second-order valence-corrected chi connectivity index (χ2v) is 7.30. The minimum absolute atomic E-state index is 0.198. The van der Waals surface area contributed by atoms with Crippen LogP contribution in [0.3, 0.4) is 0 Å². The summed E-state index contributed by atoms with van der Waals surface area (Å²) in [6.07, 6.45) is 3.26. The summed E-state index contributed by atoms with van der Waals surface area (Å²) in [6.45, 7) is -0.396. The van der Waals surface area contributed by atoms with E-state index in [-0.39, 0.29) is 32.3 Å². The molecular formula is C21H24ClN5O4. The van der Waals surface area contributed by atoms with E-state index < -0.39 is 12.1 Å². The van der Waals surface area contributed by atoms with Gasteiger partial charge in [0, 0.05) is 23.0 Å². The Morgan fingerprint density at radius 2 is 1.94 bits per heavy atom. The monoisotopic (exact) mass is 445 g/mol. The molecule has 2 heterocycles. The van der Waals surface area contributed by atoms with Crippen LogP contribution < -0.4 is 10.6 Å². The molecule has 1 aromatic carbocycles. The molecule has 10 heteroatoms. The van der Waals surface area contributed by atoms with Gasteiger partial charge in [-0.25, -0.2) is 9.97 Å². The number of aromatic nitrogens is 3. The fourth-order valence-corrected chi connectivity index (χ4v) is 3.13. The number of nitrogens with zero attached hydrogens (tertiary/aromatic N) is 2. The highest BCUT2D eigenvalue weighted by molar-refractivity contribution is 6.30. The summed E-state index contributed by atoms with van der Waals surface area (Å²) in [5.74, 6) is 0.104. The smallest absolute Gasteiger partial charge is 0.268 e. The number of halogens is 1. The van der Waals surface area contributed by atoms with E-state index in [0.717, 1.165) is 0 Å². The summed E-state index contributed by atoms with van der Waals surface area (Å²) in [4.78, 5) is 24.2. The average Bonchev–Trinajstić information content (AvgIpc) is 3.29. The number of carbonyl (C=O) groups excluding carboxylic acids is 1. The van der Waals surface area contributed by atoms with Crippen LogP contribution in [0.15, 0.2) is 48.8 Å². The first-order valence-corrected chi connectivity index (χ1v) is 10.0. The van der Waals surface area contributed by atoms with Crippen LogP contribution in [0.1, 0.15) is 27.9 Å². The number of rotatable bonds is 10. The molecule has 0 bridgehead atoms. The lowest BCUT2D eigenvalue weighted by molar-refractivity contribution is 0.0911. The van der Waals surface area contributed by atoms with Crippen molar-refractivity contribution in [3.63, 3.8) is 0 Å². The lowest BCUT2D eigenvalue weighted by Crippen LogP contribution is -2.35. The predicted molar refractivity (Wildman–Crippen MR) is 115 cm³/mol. The number of hydrogen-bond acceptors (Lipinski definition) is 7. The fourth-order valence-electron chi connectivity index (χ4n) is 2.93. The second kappa shape index (κ2) is 11.0. The number of aromatic amines is 1. The Kier molecular flexibility index (Phi) is 8.10. The Morgan fingerprint density at radius 1 is 1.13 bits per heavy atom.